The van der Waals surface area contributed by atoms with Crippen molar-refractivity contribution in [1.82, 2.24) is 0 Å². The second-order valence-corrected chi connectivity index (χ2v) is 8.57. The van der Waals surface area contributed by atoms with Crippen LogP contribution < -0.4 is 5.32 Å². The first-order chi connectivity index (χ1) is 14.0. The minimum absolute atomic E-state index is 0.105. The molecule has 5 nitrogen and oxygen atoms in total. The largest absolute Gasteiger partial charge is 0.462 e. The molecule has 2 aromatic rings. The number of anilines is 1. The zero-order valence-corrected chi connectivity index (χ0v) is 17.9. The molecule has 29 heavy (non-hydrogen) atoms. The number of nitrogens with zero attached hydrogens (tertiary/aromatic N) is 1. The summed E-state index contributed by atoms with van der Waals surface area (Å²) in [5.41, 5.74) is 1.74. The molecule has 1 amide bonds. The number of hydrogen-bond acceptors (Lipinski definition) is 5. The van der Waals surface area contributed by atoms with Gasteiger partial charge in [0.15, 0.2) is 0 Å². The molecule has 2 atom stereocenters. The molecule has 152 valence electrons. The van der Waals surface area contributed by atoms with Crippen molar-refractivity contribution in [3.63, 3.8) is 0 Å². The van der Waals surface area contributed by atoms with Crippen molar-refractivity contribution in [2.45, 2.75) is 51.9 Å². The van der Waals surface area contributed by atoms with Gasteiger partial charge in [0.05, 0.1) is 23.7 Å². The molecule has 0 bridgehead atoms. The SMILES string of the molecule is CCOC(=O)c1c(NC(=O)C(C)CC)sc2c1CCC(C#N)(c1ccccc1)C2. The Labute approximate surface area is 175 Å². The summed E-state index contributed by atoms with van der Waals surface area (Å²) < 4.78 is 5.28. The van der Waals surface area contributed by atoms with Crippen LogP contribution in [0.15, 0.2) is 30.3 Å². The molecule has 1 aliphatic rings. The Morgan fingerprint density at radius 3 is 2.66 bits per heavy atom. The Balaban J connectivity index is 2.02. The van der Waals surface area contributed by atoms with Crippen molar-refractivity contribution < 1.29 is 14.3 Å². The van der Waals surface area contributed by atoms with Crippen LogP contribution in [0.4, 0.5) is 5.00 Å². The summed E-state index contributed by atoms with van der Waals surface area (Å²) in [5.74, 6) is -0.661. The first-order valence-corrected chi connectivity index (χ1v) is 10.9. The minimum Gasteiger partial charge on any atom is -0.462 e. The molecule has 1 heterocycles. The second kappa shape index (κ2) is 8.79. The van der Waals surface area contributed by atoms with E-state index in [4.69, 9.17) is 4.74 Å². The predicted octanol–water partition coefficient (Wildman–Crippen LogP) is 4.86. The maximum absolute atomic E-state index is 12.7. The fourth-order valence-corrected chi connectivity index (χ4v) is 5.06. The highest BCUT2D eigenvalue weighted by molar-refractivity contribution is 7.17. The van der Waals surface area contributed by atoms with E-state index in [1.54, 1.807) is 6.92 Å². The Bertz CT molecular complexity index is 945. The van der Waals surface area contributed by atoms with Gasteiger partial charge in [-0.15, -0.1) is 11.3 Å². The van der Waals surface area contributed by atoms with Crippen LogP contribution in [0.1, 0.15) is 60.0 Å². The van der Waals surface area contributed by atoms with E-state index in [2.05, 4.69) is 11.4 Å². The summed E-state index contributed by atoms with van der Waals surface area (Å²) >= 11 is 1.40. The highest BCUT2D eigenvalue weighted by atomic mass is 32.1. The highest BCUT2D eigenvalue weighted by Gasteiger charge is 2.40. The van der Waals surface area contributed by atoms with Gasteiger partial charge in [-0.3, -0.25) is 4.79 Å². The van der Waals surface area contributed by atoms with Crippen LogP contribution in [-0.2, 0) is 27.8 Å². The number of amides is 1. The van der Waals surface area contributed by atoms with Crippen LogP contribution in [0.5, 0.6) is 0 Å². The topological polar surface area (TPSA) is 79.2 Å². The van der Waals surface area contributed by atoms with Crippen LogP contribution in [0, 0.1) is 17.2 Å². The Hall–Kier alpha value is -2.65. The first-order valence-electron chi connectivity index (χ1n) is 10.0. The number of rotatable bonds is 6. The minimum atomic E-state index is -0.622. The Morgan fingerprint density at radius 1 is 1.31 bits per heavy atom. The third-order valence-corrected chi connectivity index (χ3v) is 6.82. The molecule has 1 aromatic heterocycles. The highest BCUT2D eigenvalue weighted by Crippen LogP contribution is 2.45. The van der Waals surface area contributed by atoms with E-state index < -0.39 is 11.4 Å². The number of thiophene rings is 1. The molecule has 0 fully saturated rings. The van der Waals surface area contributed by atoms with Crippen molar-refractivity contribution in [3.8, 4) is 6.07 Å². The molecular weight excluding hydrogens is 384 g/mol. The maximum Gasteiger partial charge on any atom is 0.341 e. The normalized spacial score (nSPS) is 19.0. The lowest BCUT2D eigenvalue weighted by atomic mass is 9.70. The number of ether oxygens (including phenoxy) is 1. The van der Waals surface area contributed by atoms with Gasteiger partial charge in [-0.25, -0.2) is 4.79 Å². The third-order valence-electron chi connectivity index (χ3n) is 5.67. The van der Waals surface area contributed by atoms with E-state index in [-0.39, 0.29) is 18.4 Å². The summed E-state index contributed by atoms with van der Waals surface area (Å²) in [5, 5.41) is 13.5. The van der Waals surface area contributed by atoms with E-state index in [0.717, 1.165) is 22.4 Å². The average Bonchev–Trinajstić information content (AvgIpc) is 3.10. The van der Waals surface area contributed by atoms with Crippen molar-refractivity contribution in [1.29, 1.82) is 5.26 Å². The molecule has 2 unspecified atom stereocenters. The van der Waals surface area contributed by atoms with Crippen LogP contribution in [0.2, 0.25) is 0 Å². The van der Waals surface area contributed by atoms with Crippen molar-refractivity contribution in [3.05, 3.63) is 51.9 Å². The van der Waals surface area contributed by atoms with Gasteiger partial charge in [0.2, 0.25) is 5.91 Å². The maximum atomic E-state index is 12.7. The summed E-state index contributed by atoms with van der Waals surface area (Å²) in [7, 11) is 0. The monoisotopic (exact) mass is 410 g/mol. The number of carbonyl (C=O) groups is 2. The molecule has 0 radical (unpaired) electrons. The van der Waals surface area contributed by atoms with Crippen LogP contribution >= 0.6 is 11.3 Å². The summed E-state index contributed by atoms with van der Waals surface area (Å²) in [6.07, 6.45) is 2.47. The first kappa shape index (κ1) is 21.1. The Kier molecular flexibility index (Phi) is 6.39. The number of carbonyl (C=O) groups excluding carboxylic acids is 2. The van der Waals surface area contributed by atoms with E-state index in [1.165, 1.54) is 11.3 Å². The molecule has 1 aromatic carbocycles. The smallest absolute Gasteiger partial charge is 0.341 e. The number of nitrogens with one attached hydrogen (secondary N) is 1. The van der Waals surface area contributed by atoms with Gasteiger partial charge in [-0.2, -0.15) is 5.26 Å². The van der Waals surface area contributed by atoms with E-state index in [1.807, 2.05) is 44.2 Å². The van der Waals surface area contributed by atoms with E-state index >= 15 is 0 Å². The van der Waals surface area contributed by atoms with E-state index in [9.17, 15) is 14.9 Å². The molecule has 3 rings (SSSR count). The lowest BCUT2D eigenvalue weighted by Crippen LogP contribution is -2.31. The van der Waals surface area contributed by atoms with E-state index in [0.29, 0.717) is 29.8 Å². The third kappa shape index (κ3) is 4.06. The number of fused-ring (bicyclic) bond motifs is 1. The second-order valence-electron chi connectivity index (χ2n) is 7.46. The van der Waals surface area contributed by atoms with Crippen molar-refractivity contribution >= 4 is 28.2 Å². The molecule has 0 saturated carbocycles. The number of nitriles is 1. The lowest BCUT2D eigenvalue weighted by molar-refractivity contribution is -0.119. The summed E-state index contributed by atoms with van der Waals surface area (Å²) in [6.45, 7) is 5.86. The van der Waals surface area contributed by atoms with Gasteiger partial charge >= 0.3 is 5.97 Å². The number of benzene rings is 1. The lowest BCUT2D eigenvalue weighted by Gasteiger charge is -2.31. The van der Waals surface area contributed by atoms with Crippen molar-refractivity contribution in [2.75, 3.05) is 11.9 Å². The van der Waals surface area contributed by atoms with Crippen LogP contribution in [0.25, 0.3) is 0 Å². The molecule has 0 spiro atoms. The van der Waals surface area contributed by atoms with Gasteiger partial charge in [0.1, 0.15) is 5.00 Å². The summed E-state index contributed by atoms with van der Waals surface area (Å²) in [6, 6.07) is 12.3. The van der Waals surface area contributed by atoms with Gasteiger partial charge in [-0.05, 0) is 37.3 Å². The average molecular weight is 411 g/mol. The van der Waals surface area contributed by atoms with Gasteiger partial charge in [0, 0.05) is 17.2 Å². The zero-order chi connectivity index (χ0) is 21.0. The molecule has 6 heteroatoms. The van der Waals surface area contributed by atoms with Gasteiger partial charge in [-0.1, -0.05) is 44.2 Å². The Morgan fingerprint density at radius 2 is 2.03 bits per heavy atom. The standard InChI is InChI=1S/C23H26N2O3S/c1-4-15(3)20(26)25-21-19(22(27)28-5-2)17-11-12-23(14-24,13-18(17)29-21)16-9-7-6-8-10-16/h6-10,15H,4-5,11-13H2,1-3H3,(H,25,26). The van der Waals surface area contributed by atoms with Crippen molar-refractivity contribution in [2.24, 2.45) is 5.92 Å². The molecular formula is C23H26N2O3S. The van der Waals surface area contributed by atoms with Gasteiger partial charge < -0.3 is 10.1 Å². The van der Waals surface area contributed by atoms with Gasteiger partial charge in [0.25, 0.3) is 0 Å². The molecule has 1 aliphatic carbocycles. The van der Waals surface area contributed by atoms with Crippen LogP contribution in [-0.4, -0.2) is 18.5 Å². The fourth-order valence-electron chi connectivity index (χ4n) is 3.71. The van der Waals surface area contributed by atoms with Crippen LogP contribution in [0.3, 0.4) is 0 Å². The quantitative estimate of drug-likeness (QED) is 0.690. The predicted molar refractivity (Wildman–Crippen MR) is 114 cm³/mol. The summed E-state index contributed by atoms with van der Waals surface area (Å²) in [4.78, 5) is 26.1. The number of hydrogen-bond donors (Lipinski definition) is 1. The molecule has 0 aliphatic heterocycles. The zero-order valence-electron chi connectivity index (χ0n) is 17.1. The molecule has 0 saturated heterocycles. The number of esters is 1. The molecule has 1 N–H and O–H groups in total. The fraction of sp³-hybridized carbons (Fsp3) is 0.435.